The van der Waals surface area contributed by atoms with Crippen molar-refractivity contribution in [1.29, 1.82) is 0 Å². The smallest absolute Gasteiger partial charge is 0.243 e. The Morgan fingerprint density at radius 1 is 0.966 bits per heavy atom. The summed E-state index contributed by atoms with van der Waals surface area (Å²) in [5.41, 5.74) is 2.87. The summed E-state index contributed by atoms with van der Waals surface area (Å²) in [7, 11) is 0. The van der Waals surface area contributed by atoms with Gasteiger partial charge >= 0.3 is 0 Å². The third-order valence-corrected chi connectivity index (χ3v) is 5.58. The van der Waals surface area contributed by atoms with E-state index in [0.29, 0.717) is 13.1 Å². The molecule has 0 spiro atoms. The van der Waals surface area contributed by atoms with Gasteiger partial charge in [0.15, 0.2) is 0 Å². The minimum absolute atomic E-state index is 0.0309. The van der Waals surface area contributed by atoms with Crippen LogP contribution in [0.15, 0.2) is 59.7 Å². The van der Waals surface area contributed by atoms with E-state index in [0.717, 1.165) is 36.1 Å². The molecule has 6 heteroatoms. The first-order chi connectivity index (χ1) is 14.1. The summed E-state index contributed by atoms with van der Waals surface area (Å²) in [6.45, 7) is 1.23. The van der Waals surface area contributed by atoms with Crippen LogP contribution in [0.2, 0.25) is 0 Å². The first kappa shape index (κ1) is 19.3. The molecule has 150 valence electrons. The number of likely N-dealkylation sites (tertiary alicyclic amines) is 1. The van der Waals surface area contributed by atoms with E-state index in [9.17, 15) is 14.0 Å². The highest BCUT2D eigenvalue weighted by Gasteiger charge is 2.30. The zero-order chi connectivity index (χ0) is 20.2. The fourth-order valence-electron chi connectivity index (χ4n) is 4.05. The largest absolute Gasteiger partial charge is 0.336 e. The molecule has 2 aromatic rings. The molecule has 29 heavy (non-hydrogen) atoms. The first-order valence-electron chi connectivity index (χ1n) is 10.1. The van der Waals surface area contributed by atoms with Gasteiger partial charge in [0.25, 0.3) is 0 Å². The summed E-state index contributed by atoms with van der Waals surface area (Å²) in [5, 5.41) is 5.93. The van der Waals surface area contributed by atoms with Gasteiger partial charge in [-0.1, -0.05) is 42.5 Å². The van der Waals surface area contributed by atoms with E-state index in [4.69, 9.17) is 0 Å². The fraction of sp³-hybridized carbons (Fsp3) is 0.348. The van der Waals surface area contributed by atoms with Crippen LogP contribution in [0.3, 0.4) is 0 Å². The number of hydrogen-bond acceptors (Lipinski definition) is 3. The highest BCUT2D eigenvalue weighted by Crippen LogP contribution is 2.32. The summed E-state index contributed by atoms with van der Waals surface area (Å²) in [5.74, 6) is -0.435. The van der Waals surface area contributed by atoms with Crippen LogP contribution < -0.4 is 0 Å². The van der Waals surface area contributed by atoms with Gasteiger partial charge in [0.1, 0.15) is 5.82 Å². The standard InChI is InChI=1S/C23H24FN3O2/c24-19-10-8-18(9-11-19)21-7-4-15-26(21)22(28)12-13-23(29)27-16-14-20(25-27)17-5-2-1-3-6-17/h1-3,5-6,8-11,21H,4,7,12-16H2. The average Bonchev–Trinajstić information content (AvgIpc) is 3.43. The SMILES string of the molecule is O=C(CCC(=O)N1CCCC1c1ccc(F)cc1)N1CCC(c2ccccc2)=N1. The summed E-state index contributed by atoms with van der Waals surface area (Å²) in [4.78, 5) is 27.1. The maximum Gasteiger partial charge on any atom is 0.243 e. The van der Waals surface area contributed by atoms with Gasteiger partial charge in [-0.25, -0.2) is 9.40 Å². The van der Waals surface area contributed by atoms with Crippen molar-refractivity contribution in [2.24, 2.45) is 5.10 Å². The molecule has 0 radical (unpaired) electrons. The molecule has 1 unspecified atom stereocenters. The number of hydrazone groups is 1. The molecule has 4 rings (SSSR count). The predicted octanol–water partition coefficient (Wildman–Crippen LogP) is 3.91. The number of carbonyl (C=O) groups is 2. The highest BCUT2D eigenvalue weighted by atomic mass is 19.1. The molecule has 1 atom stereocenters. The summed E-state index contributed by atoms with van der Waals surface area (Å²) in [6, 6.07) is 16.1. The molecule has 2 aromatic carbocycles. The third-order valence-electron chi connectivity index (χ3n) is 5.58. The van der Waals surface area contributed by atoms with Crippen molar-refractivity contribution in [2.75, 3.05) is 13.1 Å². The van der Waals surface area contributed by atoms with E-state index in [2.05, 4.69) is 5.10 Å². The number of amides is 2. The topological polar surface area (TPSA) is 53.0 Å². The van der Waals surface area contributed by atoms with Crippen LogP contribution in [-0.4, -0.2) is 40.5 Å². The Morgan fingerprint density at radius 3 is 2.45 bits per heavy atom. The quantitative estimate of drug-likeness (QED) is 0.774. The lowest BCUT2D eigenvalue weighted by molar-refractivity contribution is -0.137. The van der Waals surface area contributed by atoms with Crippen molar-refractivity contribution < 1.29 is 14.0 Å². The average molecular weight is 393 g/mol. The molecule has 2 heterocycles. The second kappa shape index (κ2) is 8.55. The van der Waals surface area contributed by atoms with E-state index in [1.165, 1.54) is 17.1 Å². The monoisotopic (exact) mass is 393 g/mol. The van der Waals surface area contributed by atoms with Gasteiger partial charge in [-0.15, -0.1) is 0 Å². The summed E-state index contributed by atoms with van der Waals surface area (Å²) < 4.78 is 13.2. The predicted molar refractivity (Wildman–Crippen MR) is 109 cm³/mol. The molecule has 0 N–H and O–H groups in total. The van der Waals surface area contributed by atoms with Gasteiger partial charge in [0, 0.05) is 25.8 Å². The van der Waals surface area contributed by atoms with Crippen LogP contribution in [0.25, 0.3) is 0 Å². The van der Waals surface area contributed by atoms with Gasteiger partial charge in [0.05, 0.1) is 18.3 Å². The molecule has 1 saturated heterocycles. The summed E-state index contributed by atoms with van der Waals surface area (Å²) >= 11 is 0. The van der Waals surface area contributed by atoms with Crippen LogP contribution in [0, 0.1) is 5.82 Å². The van der Waals surface area contributed by atoms with Gasteiger partial charge < -0.3 is 4.90 Å². The number of hydrogen-bond donors (Lipinski definition) is 0. The number of carbonyl (C=O) groups excluding carboxylic acids is 2. The molecule has 0 saturated carbocycles. The molecule has 5 nitrogen and oxygen atoms in total. The lowest BCUT2D eigenvalue weighted by Gasteiger charge is -2.25. The number of benzene rings is 2. The Balaban J connectivity index is 1.34. The maximum absolute atomic E-state index is 13.2. The van der Waals surface area contributed by atoms with Crippen molar-refractivity contribution in [3.63, 3.8) is 0 Å². The second-order valence-corrected chi connectivity index (χ2v) is 7.48. The zero-order valence-corrected chi connectivity index (χ0v) is 16.3. The summed E-state index contributed by atoms with van der Waals surface area (Å²) in [6.07, 6.45) is 2.82. The van der Waals surface area contributed by atoms with Crippen LogP contribution in [0.5, 0.6) is 0 Å². The van der Waals surface area contributed by atoms with Crippen molar-refractivity contribution in [2.45, 2.75) is 38.1 Å². The molecule has 2 aliphatic heterocycles. The Morgan fingerprint density at radius 2 is 1.69 bits per heavy atom. The maximum atomic E-state index is 13.2. The van der Waals surface area contributed by atoms with Crippen LogP contribution in [-0.2, 0) is 9.59 Å². The molecular formula is C23H24FN3O2. The fourth-order valence-corrected chi connectivity index (χ4v) is 4.05. The molecule has 1 fully saturated rings. The van der Waals surface area contributed by atoms with Gasteiger partial charge in [-0.3, -0.25) is 9.59 Å². The zero-order valence-electron chi connectivity index (χ0n) is 16.3. The van der Waals surface area contributed by atoms with E-state index >= 15 is 0 Å². The van der Waals surface area contributed by atoms with Crippen molar-refractivity contribution in [1.82, 2.24) is 9.91 Å². The molecule has 0 aliphatic carbocycles. The molecular weight excluding hydrogens is 369 g/mol. The number of rotatable bonds is 5. The van der Waals surface area contributed by atoms with E-state index < -0.39 is 0 Å². The number of nitrogens with zero attached hydrogens (tertiary/aromatic N) is 3. The highest BCUT2D eigenvalue weighted by molar-refractivity contribution is 6.02. The molecule has 0 bridgehead atoms. The van der Waals surface area contributed by atoms with Gasteiger partial charge in [-0.05, 0) is 36.1 Å². The minimum Gasteiger partial charge on any atom is -0.336 e. The van der Waals surface area contributed by atoms with E-state index in [1.807, 2.05) is 35.2 Å². The van der Waals surface area contributed by atoms with Gasteiger partial charge in [0.2, 0.25) is 11.8 Å². The lowest BCUT2D eigenvalue weighted by Crippen LogP contribution is -2.32. The second-order valence-electron chi connectivity index (χ2n) is 7.48. The normalized spacial score (nSPS) is 18.8. The van der Waals surface area contributed by atoms with Crippen LogP contribution >= 0.6 is 0 Å². The van der Waals surface area contributed by atoms with Crippen molar-refractivity contribution >= 4 is 17.5 Å². The first-order valence-corrected chi connectivity index (χ1v) is 10.1. The number of halogens is 1. The van der Waals surface area contributed by atoms with Crippen LogP contribution in [0.1, 0.15) is 49.3 Å². The third kappa shape index (κ3) is 4.36. The van der Waals surface area contributed by atoms with E-state index in [1.54, 1.807) is 12.1 Å². The Kier molecular flexibility index (Phi) is 5.69. The minimum atomic E-state index is -0.281. The van der Waals surface area contributed by atoms with Crippen molar-refractivity contribution in [3.05, 3.63) is 71.5 Å². The lowest BCUT2D eigenvalue weighted by atomic mass is 10.0. The van der Waals surface area contributed by atoms with Gasteiger partial charge in [-0.2, -0.15) is 5.10 Å². The molecule has 2 amide bonds. The molecule has 2 aliphatic rings. The van der Waals surface area contributed by atoms with Crippen molar-refractivity contribution in [3.8, 4) is 0 Å². The Labute approximate surface area is 169 Å². The van der Waals surface area contributed by atoms with E-state index in [-0.39, 0.29) is 36.5 Å². The molecule has 0 aromatic heterocycles. The Bertz CT molecular complexity index is 911. The Hall–Kier alpha value is -3.02. The van der Waals surface area contributed by atoms with Crippen LogP contribution in [0.4, 0.5) is 4.39 Å².